The Morgan fingerprint density at radius 1 is 1.29 bits per heavy atom. The molecule has 0 fully saturated rings. The first-order chi connectivity index (χ1) is 13.6. The van der Waals surface area contributed by atoms with Gasteiger partial charge in [-0.05, 0) is 43.3 Å². The standard InChI is InChI=1S/C20H17FN4O2S/c1-12-17(10-23-18(26)15-4-3-9-22-19(15)27-2)28-20-24-16(11-25(12)20)13-5-7-14(21)8-6-13/h3-9,11H,10H2,1-2H3,(H,23,26). The summed E-state index contributed by atoms with van der Waals surface area (Å²) in [6, 6.07) is 9.62. The van der Waals surface area contributed by atoms with Crippen LogP contribution in [0.3, 0.4) is 0 Å². The first-order valence-corrected chi connectivity index (χ1v) is 9.39. The number of aryl methyl sites for hydroxylation is 1. The smallest absolute Gasteiger partial charge is 0.257 e. The zero-order valence-corrected chi connectivity index (χ0v) is 16.1. The SMILES string of the molecule is COc1ncccc1C(=O)NCc1sc2nc(-c3ccc(F)cc3)cn2c1C. The van der Waals surface area contributed by atoms with Crippen molar-refractivity contribution in [3.05, 3.63) is 70.7 Å². The third kappa shape index (κ3) is 3.34. The minimum absolute atomic E-state index is 0.248. The van der Waals surface area contributed by atoms with E-state index >= 15 is 0 Å². The molecule has 142 valence electrons. The number of benzene rings is 1. The highest BCUT2D eigenvalue weighted by Gasteiger charge is 2.16. The summed E-state index contributed by atoms with van der Waals surface area (Å²) in [6.07, 6.45) is 3.50. The molecular formula is C20H17FN4O2S. The number of hydrogen-bond donors (Lipinski definition) is 1. The Kier molecular flexibility index (Phi) is 4.79. The number of thiazole rings is 1. The number of nitrogens with one attached hydrogen (secondary N) is 1. The Morgan fingerprint density at radius 3 is 2.79 bits per heavy atom. The second kappa shape index (κ2) is 7.40. The van der Waals surface area contributed by atoms with Crippen molar-refractivity contribution in [1.29, 1.82) is 0 Å². The topological polar surface area (TPSA) is 68.5 Å². The molecular weight excluding hydrogens is 379 g/mol. The average molecular weight is 396 g/mol. The van der Waals surface area contributed by atoms with E-state index in [2.05, 4.69) is 15.3 Å². The van der Waals surface area contributed by atoms with E-state index in [0.29, 0.717) is 18.0 Å². The Hall–Kier alpha value is -3.26. The number of carbonyl (C=O) groups excluding carboxylic acids is 1. The number of ether oxygens (including phenoxy) is 1. The van der Waals surface area contributed by atoms with Crippen molar-refractivity contribution >= 4 is 22.2 Å². The molecule has 0 aliphatic carbocycles. The lowest BCUT2D eigenvalue weighted by Crippen LogP contribution is -2.23. The van der Waals surface area contributed by atoms with Gasteiger partial charge in [-0.25, -0.2) is 14.4 Å². The van der Waals surface area contributed by atoms with Crippen molar-refractivity contribution in [2.75, 3.05) is 7.11 Å². The van der Waals surface area contributed by atoms with E-state index in [-0.39, 0.29) is 11.7 Å². The van der Waals surface area contributed by atoms with Gasteiger partial charge in [0.05, 0.1) is 19.3 Å². The van der Waals surface area contributed by atoms with Crippen molar-refractivity contribution < 1.29 is 13.9 Å². The van der Waals surface area contributed by atoms with Gasteiger partial charge in [-0.3, -0.25) is 9.20 Å². The zero-order chi connectivity index (χ0) is 19.7. The minimum atomic E-state index is -0.274. The van der Waals surface area contributed by atoms with Crippen LogP contribution in [-0.2, 0) is 6.54 Å². The third-order valence-corrected chi connectivity index (χ3v) is 5.57. The van der Waals surface area contributed by atoms with Crippen molar-refractivity contribution in [3.8, 4) is 17.1 Å². The monoisotopic (exact) mass is 396 g/mol. The summed E-state index contributed by atoms with van der Waals surface area (Å²) in [4.78, 5) is 22.9. The van der Waals surface area contributed by atoms with E-state index in [9.17, 15) is 9.18 Å². The number of amides is 1. The van der Waals surface area contributed by atoms with Crippen molar-refractivity contribution in [3.63, 3.8) is 0 Å². The molecule has 0 aliphatic heterocycles. The molecule has 0 spiro atoms. The van der Waals surface area contributed by atoms with Crippen LogP contribution in [0.25, 0.3) is 16.2 Å². The summed E-state index contributed by atoms with van der Waals surface area (Å²) in [5, 5.41) is 2.90. The highest BCUT2D eigenvalue weighted by Crippen LogP contribution is 2.27. The highest BCUT2D eigenvalue weighted by atomic mass is 32.1. The molecule has 6 nitrogen and oxygen atoms in total. The molecule has 4 aromatic rings. The molecule has 0 saturated heterocycles. The van der Waals surface area contributed by atoms with Crippen LogP contribution >= 0.6 is 11.3 Å². The van der Waals surface area contributed by atoms with Crippen LogP contribution < -0.4 is 10.1 Å². The van der Waals surface area contributed by atoms with Crippen LogP contribution in [0, 0.1) is 12.7 Å². The molecule has 1 amide bonds. The summed E-state index contributed by atoms with van der Waals surface area (Å²) >= 11 is 1.51. The third-order valence-electron chi connectivity index (χ3n) is 4.41. The van der Waals surface area contributed by atoms with Gasteiger partial charge in [-0.1, -0.05) is 11.3 Å². The fraction of sp³-hybridized carbons (Fsp3) is 0.150. The summed E-state index contributed by atoms with van der Waals surface area (Å²) in [6.45, 7) is 2.36. The number of aromatic nitrogens is 3. The van der Waals surface area contributed by atoms with Crippen LogP contribution in [-0.4, -0.2) is 27.4 Å². The summed E-state index contributed by atoms with van der Waals surface area (Å²) in [5.74, 6) is -0.228. The van der Waals surface area contributed by atoms with Gasteiger partial charge < -0.3 is 10.1 Å². The molecule has 1 aromatic carbocycles. The predicted molar refractivity (Wildman–Crippen MR) is 105 cm³/mol. The molecule has 0 atom stereocenters. The van der Waals surface area contributed by atoms with Gasteiger partial charge in [-0.2, -0.15) is 0 Å². The van der Waals surface area contributed by atoms with Crippen LogP contribution in [0.5, 0.6) is 5.88 Å². The van der Waals surface area contributed by atoms with E-state index in [1.54, 1.807) is 30.5 Å². The van der Waals surface area contributed by atoms with Gasteiger partial charge in [0.25, 0.3) is 5.91 Å². The van der Waals surface area contributed by atoms with Gasteiger partial charge in [0.1, 0.15) is 11.4 Å². The number of carbonyl (C=O) groups is 1. The van der Waals surface area contributed by atoms with E-state index in [4.69, 9.17) is 4.74 Å². The van der Waals surface area contributed by atoms with Crippen molar-refractivity contribution in [2.24, 2.45) is 0 Å². The first-order valence-electron chi connectivity index (χ1n) is 8.57. The number of rotatable bonds is 5. The molecule has 0 aliphatic rings. The van der Waals surface area contributed by atoms with E-state index in [0.717, 1.165) is 26.8 Å². The number of halogens is 1. The number of methoxy groups -OCH3 is 1. The molecule has 28 heavy (non-hydrogen) atoms. The molecule has 3 aromatic heterocycles. The van der Waals surface area contributed by atoms with Gasteiger partial charge in [0.2, 0.25) is 5.88 Å². The van der Waals surface area contributed by atoms with E-state index in [1.807, 2.05) is 17.5 Å². The lowest BCUT2D eigenvalue weighted by Gasteiger charge is -2.07. The molecule has 0 radical (unpaired) electrons. The molecule has 1 N–H and O–H groups in total. The first kappa shape index (κ1) is 18.1. The normalized spacial score (nSPS) is 11.0. The van der Waals surface area contributed by atoms with Gasteiger partial charge in [0, 0.05) is 28.5 Å². The molecule has 0 bridgehead atoms. The maximum absolute atomic E-state index is 13.1. The van der Waals surface area contributed by atoms with Crippen molar-refractivity contribution in [2.45, 2.75) is 13.5 Å². The summed E-state index contributed by atoms with van der Waals surface area (Å²) in [5.41, 5.74) is 3.03. The fourth-order valence-electron chi connectivity index (χ4n) is 2.90. The summed E-state index contributed by atoms with van der Waals surface area (Å²) in [7, 11) is 1.48. The lowest BCUT2D eigenvalue weighted by atomic mass is 10.2. The van der Waals surface area contributed by atoms with Crippen LogP contribution in [0.2, 0.25) is 0 Å². The zero-order valence-electron chi connectivity index (χ0n) is 15.3. The maximum Gasteiger partial charge on any atom is 0.257 e. The fourth-order valence-corrected chi connectivity index (χ4v) is 3.94. The Labute approximate surface area is 164 Å². The molecule has 0 saturated carbocycles. The van der Waals surface area contributed by atoms with Gasteiger partial charge in [-0.15, -0.1) is 0 Å². The quantitative estimate of drug-likeness (QED) is 0.556. The number of imidazole rings is 1. The summed E-state index contributed by atoms with van der Waals surface area (Å²) < 4.78 is 20.2. The van der Waals surface area contributed by atoms with Crippen LogP contribution in [0.1, 0.15) is 20.9 Å². The van der Waals surface area contributed by atoms with Gasteiger partial charge >= 0.3 is 0 Å². The largest absolute Gasteiger partial charge is 0.480 e. The lowest BCUT2D eigenvalue weighted by molar-refractivity contribution is 0.0947. The Balaban J connectivity index is 1.53. The second-order valence-corrected chi connectivity index (χ2v) is 7.20. The number of fused-ring (bicyclic) bond motifs is 1. The van der Waals surface area contributed by atoms with Crippen LogP contribution in [0.4, 0.5) is 4.39 Å². The van der Waals surface area contributed by atoms with Crippen molar-refractivity contribution in [1.82, 2.24) is 19.7 Å². The van der Waals surface area contributed by atoms with Crippen LogP contribution in [0.15, 0.2) is 48.8 Å². The van der Waals surface area contributed by atoms with E-state index < -0.39 is 0 Å². The molecule has 4 rings (SSSR count). The highest BCUT2D eigenvalue weighted by molar-refractivity contribution is 7.17. The number of pyridine rings is 1. The molecule has 8 heteroatoms. The Bertz CT molecular complexity index is 1150. The minimum Gasteiger partial charge on any atom is -0.480 e. The predicted octanol–water partition coefficient (Wildman–Crippen LogP) is 3.84. The number of nitrogens with zero attached hydrogens (tertiary/aromatic N) is 3. The number of hydrogen-bond acceptors (Lipinski definition) is 5. The molecule has 0 unspecified atom stereocenters. The maximum atomic E-state index is 13.1. The average Bonchev–Trinajstić information content (AvgIpc) is 3.26. The Morgan fingerprint density at radius 2 is 2.07 bits per heavy atom. The molecule has 3 heterocycles. The second-order valence-electron chi connectivity index (χ2n) is 6.14. The van der Waals surface area contributed by atoms with Gasteiger partial charge in [0.15, 0.2) is 4.96 Å². The van der Waals surface area contributed by atoms with E-state index in [1.165, 1.54) is 30.6 Å².